The van der Waals surface area contributed by atoms with Crippen LogP contribution in [0.5, 0.6) is 0 Å². The Kier molecular flexibility index (Phi) is 16.0. The van der Waals surface area contributed by atoms with E-state index in [2.05, 4.69) is 10.2 Å². The van der Waals surface area contributed by atoms with E-state index in [9.17, 15) is 4.79 Å². The Hall–Kier alpha value is -0.610. The summed E-state index contributed by atoms with van der Waals surface area (Å²) in [6.07, 6.45) is 0. The van der Waals surface area contributed by atoms with Gasteiger partial charge in [-0.05, 0) is 0 Å². The van der Waals surface area contributed by atoms with E-state index < -0.39 is 0 Å². The number of carbonyl (C=O) groups excluding carboxylic acids is 1. The van der Waals surface area contributed by atoms with Crippen molar-refractivity contribution in [2.24, 2.45) is 0 Å². The fourth-order valence-electron chi connectivity index (χ4n) is 1.21. The van der Waals surface area contributed by atoms with Crippen molar-refractivity contribution in [2.45, 2.75) is 34.6 Å². The van der Waals surface area contributed by atoms with Gasteiger partial charge in [-0.3, -0.25) is 9.69 Å². The highest BCUT2D eigenvalue weighted by atomic mass is 16.5. The van der Waals surface area contributed by atoms with Crippen molar-refractivity contribution in [2.75, 3.05) is 39.4 Å². The molecule has 1 amide bonds. The standard InChI is InChI=1S/C8H16N2O2.2C2H6/c1-8(11)9-2-3-10-4-6-12-7-5-10;2*1-2/h2-7H2,1H3,(H,9,11);2*1-2H3. The minimum absolute atomic E-state index is 0.0447. The van der Waals surface area contributed by atoms with Crippen LogP contribution in [-0.2, 0) is 9.53 Å². The first kappa shape index (κ1) is 17.8. The lowest BCUT2D eigenvalue weighted by Gasteiger charge is -2.26. The van der Waals surface area contributed by atoms with Crippen LogP contribution in [0.25, 0.3) is 0 Å². The van der Waals surface area contributed by atoms with E-state index in [-0.39, 0.29) is 5.91 Å². The van der Waals surface area contributed by atoms with Crippen molar-refractivity contribution >= 4 is 5.91 Å². The Morgan fingerprint density at radius 1 is 1.19 bits per heavy atom. The van der Waals surface area contributed by atoms with Crippen LogP contribution in [-0.4, -0.2) is 50.2 Å². The molecule has 1 N–H and O–H groups in total. The van der Waals surface area contributed by atoms with Crippen molar-refractivity contribution in [1.82, 2.24) is 10.2 Å². The third-order valence-electron chi connectivity index (χ3n) is 1.91. The van der Waals surface area contributed by atoms with Gasteiger partial charge in [0.25, 0.3) is 0 Å². The fraction of sp³-hybridized carbons (Fsp3) is 0.917. The predicted molar refractivity (Wildman–Crippen MR) is 68.6 cm³/mol. The van der Waals surface area contributed by atoms with E-state index in [0.29, 0.717) is 0 Å². The first-order chi connectivity index (χ1) is 7.79. The van der Waals surface area contributed by atoms with E-state index in [0.717, 1.165) is 39.4 Å². The summed E-state index contributed by atoms with van der Waals surface area (Å²) in [6.45, 7) is 14.8. The minimum Gasteiger partial charge on any atom is -0.379 e. The van der Waals surface area contributed by atoms with Gasteiger partial charge in [0.15, 0.2) is 0 Å². The monoisotopic (exact) mass is 232 g/mol. The normalized spacial score (nSPS) is 15.1. The van der Waals surface area contributed by atoms with Crippen molar-refractivity contribution in [3.63, 3.8) is 0 Å². The smallest absolute Gasteiger partial charge is 0.216 e. The van der Waals surface area contributed by atoms with Crippen LogP contribution in [0.2, 0.25) is 0 Å². The average Bonchev–Trinajstić information content (AvgIpc) is 2.35. The maximum atomic E-state index is 10.5. The van der Waals surface area contributed by atoms with Gasteiger partial charge < -0.3 is 10.1 Å². The SMILES string of the molecule is CC.CC.CC(=O)NCCN1CCOCC1. The molecule has 98 valence electrons. The van der Waals surface area contributed by atoms with Crippen molar-refractivity contribution in [3.8, 4) is 0 Å². The molecule has 0 aromatic carbocycles. The lowest BCUT2D eigenvalue weighted by Crippen LogP contribution is -2.40. The topological polar surface area (TPSA) is 41.6 Å². The Morgan fingerprint density at radius 2 is 1.69 bits per heavy atom. The summed E-state index contributed by atoms with van der Waals surface area (Å²) in [5, 5.41) is 2.77. The largest absolute Gasteiger partial charge is 0.379 e. The molecule has 16 heavy (non-hydrogen) atoms. The lowest BCUT2D eigenvalue weighted by atomic mass is 10.4. The summed E-state index contributed by atoms with van der Waals surface area (Å²) in [6, 6.07) is 0. The molecule has 1 heterocycles. The van der Waals surface area contributed by atoms with Crippen LogP contribution in [0.3, 0.4) is 0 Å². The molecule has 1 aliphatic heterocycles. The third kappa shape index (κ3) is 11.5. The molecule has 0 atom stereocenters. The van der Waals surface area contributed by atoms with Gasteiger partial charge in [-0.15, -0.1) is 0 Å². The number of nitrogens with zero attached hydrogens (tertiary/aromatic N) is 1. The second kappa shape index (κ2) is 14.4. The molecule has 0 saturated carbocycles. The van der Waals surface area contributed by atoms with E-state index in [1.54, 1.807) is 6.92 Å². The van der Waals surface area contributed by atoms with Crippen LogP contribution in [0.4, 0.5) is 0 Å². The Morgan fingerprint density at radius 3 is 2.12 bits per heavy atom. The van der Waals surface area contributed by atoms with Crippen molar-refractivity contribution < 1.29 is 9.53 Å². The second-order valence-corrected chi connectivity index (χ2v) is 2.94. The number of hydrogen-bond donors (Lipinski definition) is 1. The molecular weight excluding hydrogens is 204 g/mol. The van der Waals surface area contributed by atoms with Crippen molar-refractivity contribution in [3.05, 3.63) is 0 Å². The molecule has 1 saturated heterocycles. The van der Waals surface area contributed by atoms with Crippen LogP contribution in [0, 0.1) is 0 Å². The summed E-state index contributed by atoms with van der Waals surface area (Å²) < 4.78 is 5.20. The molecule has 1 aliphatic rings. The number of carbonyl (C=O) groups is 1. The Balaban J connectivity index is 0. The molecule has 0 aromatic heterocycles. The molecule has 0 aromatic rings. The van der Waals surface area contributed by atoms with Crippen LogP contribution in [0.1, 0.15) is 34.6 Å². The maximum Gasteiger partial charge on any atom is 0.216 e. The van der Waals surface area contributed by atoms with E-state index in [1.807, 2.05) is 27.7 Å². The number of rotatable bonds is 3. The predicted octanol–water partition coefficient (Wildman–Crippen LogP) is 1.51. The number of morpholine rings is 1. The third-order valence-corrected chi connectivity index (χ3v) is 1.91. The van der Waals surface area contributed by atoms with Gasteiger partial charge in [0, 0.05) is 33.1 Å². The summed E-state index contributed by atoms with van der Waals surface area (Å²) in [4.78, 5) is 12.8. The molecule has 0 unspecified atom stereocenters. The average molecular weight is 232 g/mol. The van der Waals surface area contributed by atoms with Gasteiger partial charge in [-0.25, -0.2) is 0 Å². The summed E-state index contributed by atoms with van der Waals surface area (Å²) in [5.74, 6) is 0.0447. The zero-order chi connectivity index (χ0) is 12.8. The highest BCUT2D eigenvalue weighted by Gasteiger charge is 2.08. The summed E-state index contributed by atoms with van der Waals surface area (Å²) >= 11 is 0. The number of amides is 1. The molecule has 4 nitrogen and oxygen atoms in total. The van der Waals surface area contributed by atoms with Gasteiger partial charge in [0.2, 0.25) is 5.91 Å². The van der Waals surface area contributed by atoms with Gasteiger partial charge in [0.05, 0.1) is 13.2 Å². The van der Waals surface area contributed by atoms with E-state index in [4.69, 9.17) is 4.74 Å². The number of hydrogen-bond acceptors (Lipinski definition) is 3. The number of nitrogens with one attached hydrogen (secondary N) is 1. The summed E-state index contributed by atoms with van der Waals surface area (Å²) in [5.41, 5.74) is 0. The van der Waals surface area contributed by atoms with Gasteiger partial charge >= 0.3 is 0 Å². The first-order valence-corrected chi connectivity index (χ1v) is 6.33. The van der Waals surface area contributed by atoms with E-state index in [1.165, 1.54) is 0 Å². The molecule has 0 radical (unpaired) electrons. The first-order valence-electron chi connectivity index (χ1n) is 6.33. The van der Waals surface area contributed by atoms with Crippen LogP contribution >= 0.6 is 0 Å². The molecule has 0 aliphatic carbocycles. The molecule has 4 heteroatoms. The van der Waals surface area contributed by atoms with Crippen LogP contribution < -0.4 is 5.32 Å². The molecule has 0 spiro atoms. The Labute approximate surface area is 100 Å². The Bertz CT molecular complexity index is 146. The molecule has 1 rings (SSSR count). The van der Waals surface area contributed by atoms with Gasteiger partial charge in [0.1, 0.15) is 0 Å². The summed E-state index contributed by atoms with van der Waals surface area (Å²) in [7, 11) is 0. The zero-order valence-corrected chi connectivity index (χ0v) is 11.5. The fourth-order valence-corrected chi connectivity index (χ4v) is 1.21. The zero-order valence-electron chi connectivity index (χ0n) is 11.5. The van der Waals surface area contributed by atoms with Crippen LogP contribution in [0.15, 0.2) is 0 Å². The molecule has 1 fully saturated rings. The van der Waals surface area contributed by atoms with Gasteiger partial charge in [-0.1, -0.05) is 27.7 Å². The van der Waals surface area contributed by atoms with Crippen molar-refractivity contribution in [1.29, 1.82) is 0 Å². The maximum absolute atomic E-state index is 10.5. The van der Waals surface area contributed by atoms with Gasteiger partial charge in [-0.2, -0.15) is 0 Å². The highest BCUT2D eigenvalue weighted by molar-refractivity contribution is 5.72. The highest BCUT2D eigenvalue weighted by Crippen LogP contribution is 1.94. The molecule has 0 bridgehead atoms. The van der Waals surface area contributed by atoms with E-state index >= 15 is 0 Å². The quantitative estimate of drug-likeness (QED) is 0.802. The number of ether oxygens (including phenoxy) is 1. The second-order valence-electron chi connectivity index (χ2n) is 2.94. The molecular formula is C12H28N2O2. The lowest BCUT2D eigenvalue weighted by molar-refractivity contribution is -0.119. The minimum atomic E-state index is 0.0447.